The Morgan fingerprint density at radius 3 is 2.54 bits per heavy atom. The van der Waals surface area contributed by atoms with Gasteiger partial charge in [0.1, 0.15) is 4.21 Å². The smallest absolute Gasteiger partial charge is 0.250 e. The number of aryl methyl sites for hydroxylation is 1. The standard InChI is InChI=1S/C14H19N3O4S3/c1-2-13-5-6-14(22-13)24(20,21)16-8-9-23(18,19)17-11-12-4-3-7-15-10-12/h3-7,10,16-17H,2,8-9,11H2,1H3. The highest BCUT2D eigenvalue weighted by atomic mass is 32.2. The fourth-order valence-corrected chi connectivity index (χ4v) is 5.25. The van der Waals surface area contributed by atoms with E-state index in [1.807, 2.05) is 6.92 Å². The summed E-state index contributed by atoms with van der Waals surface area (Å²) in [5, 5.41) is 0. The van der Waals surface area contributed by atoms with Crippen molar-refractivity contribution in [2.24, 2.45) is 0 Å². The Balaban J connectivity index is 1.85. The van der Waals surface area contributed by atoms with Gasteiger partial charge in [0, 0.05) is 30.4 Å². The molecular weight excluding hydrogens is 370 g/mol. The molecule has 2 rings (SSSR count). The summed E-state index contributed by atoms with van der Waals surface area (Å²) in [7, 11) is -7.26. The molecule has 132 valence electrons. The van der Waals surface area contributed by atoms with Gasteiger partial charge in [-0.2, -0.15) is 0 Å². The van der Waals surface area contributed by atoms with Crippen LogP contribution < -0.4 is 9.44 Å². The number of pyridine rings is 1. The lowest BCUT2D eigenvalue weighted by molar-refractivity contribution is 0.575. The number of hydrogen-bond acceptors (Lipinski definition) is 6. The number of hydrogen-bond donors (Lipinski definition) is 2. The molecule has 0 fully saturated rings. The van der Waals surface area contributed by atoms with Gasteiger partial charge in [-0.3, -0.25) is 4.98 Å². The van der Waals surface area contributed by atoms with Crippen LogP contribution in [-0.4, -0.2) is 34.1 Å². The highest BCUT2D eigenvalue weighted by molar-refractivity contribution is 7.92. The summed E-state index contributed by atoms with van der Waals surface area (Å²) in [4.78, 5) is 4.86. The average Bonchev–Trinajstić information content (AvgIpc) is 3.04. The summed E-state index contributed by atoms with van der Waals surface area (Å²) in [5.74, 6) is -0.335. The van der Waals surface area contributed by atoms with Gasteiger partial charge in [-0.15, -0.1) is 11.3 Å². The number of nitrogens with one attached hydrogen (secondary N) is 2. The lowest BCUT2D eigenvalue weighted by Crippen LogP contribution is -2.34. The minimum absolute atomic E-state index is 0.119. The van der Waals surface area contributed by atoms with Gasteiger partial charge in [0.25, 0.3) is 0 Å². The Bertz CT molecular complexity index is 862. The summed E-state index contributed by atoms with van der Waals surface area (Å²) in [6, 6.07) is 6.75. The molecule has 10 heteroatoms. The number of aromatic nitrogens is 1. The zero-order valence-electron chi connectivity index (χ0n) is 13.1. The zero-order valence-corrected chi connectivity index (χ0v) is 15.5. The fraction of sp³-hybridized carbons (Fsp3) is 0.357. The van der Waals surface area contributed by atoms with E-state index >= 15 is 0 Å². The molecule has 2 aromatic heterocycles. The van der Waals surface area contributed by atoms with Crippen LogP contribution in [0.3, 0.4) is 0 Å². The van der Waals surface area contributed by atoms with Gasteiger partial charge in [-0.1, -0.05) is 13.0 Å². The third kappa shape index (κ3) is 5.64. The van der Waals surface area contributed by atoms with E-state index in [0.29, 0.717) is 0 Å². The van der Waals surface area contributed by atoms with Crippen LogP contribution in [0.5, 0.6) is 0 Å². The summed E-state index contributed by atoms with van der Waals surface area (Å²) in [5.41, 5.74) is 0.729. The van der Waals surface area contributed by atoms with E-state index in [0.717, 1.165) is 16.9 Å². The molecule has 2 N–H and O–H groups in total. The van der Waals surface area contributed by atoms with E-state index in [9.17, 15) is 16.8 Å². The Morgan fingerprint density at radius 1 is 1.12 bits per heavy atom. The van der Waals surface area contributed by atoms with Crippen LogP contribution in [0.15, 0.2) is 40.9 Å². The van der Waals surface area contributed by atoms with Gasteiger partial charge in [0.2, 0.25) is 20.0 Å². The third-order valence-corrected chi connectivity index (χ3v) is 7.64. The van der Waals surface area contributed by atoms with Crippen molar-refractivity contribution in [2.45, 2.75) is 24.1 Å². The molecular formula is C14H19N3O4S3. The molecule has 0 radical (unpaired) electrons. The van der Waals surface area contributed by atoms with Crippen molar-refractivity contribution in [3.8, 4) is 0 Å². The Hall–Kier alpha value is -1.33. The van der Waals surface area contributed by atoms with Crippen LogP contribution in [0, 0.1) is 0 Å². The SMILES string of the molecule is CCc1ccc(S(=O)(=O)NCCS(=O)(=O)NCc2cccnc2)s1. The largest absolute Gasteiger partial charge is 0.264 e. The molecule has 0 amide bonds. The molecule has 0 bridgehead atoms. The predicted molar refractivity (Wildman–Crippen MR) is 93.7 cm³/mol. The van der Waals surface area contributed by atoms with Gasteiger partial charge in [0.15, 0.2) is 0 Å². The number of thiophene rings is 1. The van der Waals surface area contributed by atoms with Crippen molar-refractivity contribution in [3.63, 3.8) is 0 Å². The molecule has 0 saturated carbocycles. The molecule has 24 heavy (non-hydrogen) atoms. The number of rotatable bonds is 9. The molecule has 0 aromatic carbocycles. The van der Waals surface area contributed by atoms with Gasteiger partial charge in [0.05, 0.1) is 5.75 Å². The third-order valence-electron chi connectivity index (χ3n) is 3.13. The summed E-state index contributed by atoms with van der Waals surface area (Å²) < 4.78 is 53.0. The second kappa shape index (κ2) is 8.17. The lowest BCUT2D eigenvalue weighted by Gasteiger charge is -2.08. The van der Waals surface area contributed by atoms with Crippen LogP contribution in [0.2, 0.25) is 0 Å². The lowest BCUT2D eigenvalue weighted by atomic mass is 10.3. The first-order valence-corrected chi connectivity index (χ1v) is 11.2. The van der Waals surface area contributed by atoms with Crippen molar-refractivity contribution < 1.29 is 16.8 Å². The molecule has 2 heterocycles. The van der Waals surface area contributed by atoms with E-state index in [1.165, 1.54) is 17.4 Å². The Morgan fingerprint density at radius 2 is 1.92 bits per heavy atom. The van der Waals surface area contributed by atoms with E-state index in [-0.39, 0.29) is 23.1 Å². The maximum absolute atomic E-state index is 12.1. The predicted octanol–water partition coefficient (Wildman–Crippen LogP) is 1.10. The van der Waals surface area contributed by atoms with E-state index in [4.69, 9.17) is 0 Å². The number of nitrogens with zero attached hydrogens (tertiary/aromatic N) is 1. The van der Waals surface area contributed by atoms with Gasteiger partial charge >= 0.3 is 0 Å². The first kappa shape index (κ1) is 19.0. The van der Waals surface area contributed by atoms with Crippen molar-refractivity contribution in [1.29, 1.82) is 0 Å². The van der Waals surface area contributed by atoms with Gasteiger partial charge in [-0.25, -0.2) is 26.3 Å². The molecule has 0 aliphatic rings. The van der Waals surface area contributed by atoms with Crippen LogP contribution in [0.25, 0.3) is 0 Å². The Kier molecular flexibility index (Phi) is 6.47. The second-order valence-corrected chi connectivity index (χ2v) is 10.1. The molecule has 0 saturated heterocycles. The van der Waals surface area contributed by atoms with Crippen molar-refractivity contribution >= 4 is 31.4 Å². The Labute approximate surface area is 146 Å². The maximum atomic E-state index is 12.1. The normalized spacial score (nSPS) is 12.4. The van der Waals surface area contributed by atoms with Crippen LogP contribution >= 0.6 is 11.3 Å². The first-order chi connectivity index (χ1) is 11.3. The first-order valence-electron chi connectivity index (χ1n) is 7.27. The monoisotopic (exact) mass is 389 g/mol. The fourth-order valence-electron chi connectivity index (χ4n) is 1.84. The van der Waals surface area contributed by atoms with Gasteiger partial charge < -0.3 is 0 Å². The molecule has 0 unspecified atom stereocenters. The molecule has 7 nitrogen and oxygen atoms in total. The van der Waals surface area contributed by atoms with E-state index < -0.39 is 20.0 Å². The summed E-state index contributed by atoms with van der Waals surface area (Å²) >= 11 is 1.18. The summed E-state index contributed by atoms with van der Waals surface area (Å²) in [6.45, 7) is 1.87. The zero-order chi connectivity index (χ0) is 17.6. The molecule has 0 aliphatic heterocycles. The van der Waals surface area contributed by atoms with Crippen molar-refractivity contribution in [3.05, 3.63) is 47.1 Å². The maximum Gasteiger partial charge on any atom is 0.250 e. The van der Waals surface area contributed by atoms with Gasteiger partial charge in [-0.05, 0) is 30.2 Å². The van der Waals surface area contributed by atoms with Crippen LogP contribution in [0.4, 0.5) is 0 Å². The topological polar surface area (TPSA) is 105 Å². The van der Waals surface area contributed by atoms with Crippen molar-refractivity contribution in [1.82, 2.24) is 14.4 Å². The van der Waals surface area contributed by atoms with Crippen LogP contribution in [0.1, 0.15) is 17.4 Å². The minimum atomic E-state index is -3.67. The number of sulfonamides is 2. The van der Waals surface area contributed by atoms with Crippen LogP contribution in [-0.2, 0) is 33.0 Å². The highest BCUT2D eigenvalue weighted by Gasteiger charge is 2.18. The quantitative estimate of drug-likeness (QED) is 0.668. The van der Waals surface area contributed by atoms with E-state index in [1.54, 1.807) is 30.6 Å². The summed E-state index contributed by atoms with van der Waals surface area (Å²) in [6.07, 6.45) is 3.92. The molecule has 2 aromatic rings. The molecule has 0 atom stereocenters. The minimum Gasteiger partial charge on any atom is -0.264 e. The average molecular weight is 390 g/mol. The van der Waals surface area contributed by atoms with E-state index in [2.05, 4.69) is 14.4 Å². The molecule has 0 aliphatic carbocycles. The highest BCUT2D eigenvalue weighted by Crippen LogP contribution is 2.21. The molecule has 0 spiro atoms. The second-order valence-electron chi connectivity index (χ2n) is 4.97. The van der Waals surface area contributed by atoms with Crippen molar-refractivity contribution in [2.75, 3.05) is 12.3 Å².